The average molecular weight is 302 g/mol. The van der Waals surface area contributed by atoms with Crippen LogP contribution in [-0.4, -0.2) is 42.7 Å². The van der Waals surface area contributed by atoms with Gasteiger partial charge in [-0.3, -0.25) is 0 Å². The van der Waals surface area contributed by atoms with Crippen LogP contribution in [-0.2, 0) is 16.4 Å². The van der Waals surface area contributed by atoms with Gasteiger partial charge >= 0.3 is 6.01 Å². The van der Waals surface area contributed by atoms with Crippen molar-refractivity contribution < 1.29 is 12.8 Å². The summed E-state index contributed by atoms with van der Waals surface area (Å²) in [4.78, 5) is 0. The third-order valence-electron chi connectivity index (χ3n) is 3.09. The minimum absolute atomic E-state index is 0.134. The Hall–Kier alpha value is -1.15. The molecular formula is C12H22N4O3S. The Morgan fingerprint density at radius 1 is 1.40 bits per heavy atom. The monoisotopic (exact) mass is 302 g/mol. The van der Waals surface area contributed by atoms with E-state index in [1.165, 1.54) is 0 Å². The van der Waals surface area contributed by atoms with E-state index in [0.717, 1.165) is 13.0 Å². The van der Waals surface area contributed by atoms with Crippen LogP contribution >= 0.6 is 0 Å². The fourth-order valence-electron chi connectivity index (χ4n) is 2.16. The van der Waals surface area contributed by atoms with Gasteiger partial charge in [-0.2, -0.15) is 0 Å². The van der Waals surface area contributed by atoms with Crippen molar-refractivity contribution in [2.45, 2.75) is 39.3 Å². The molecule has 0 amide bonds. The molecule has 2 N–H and O–H groups in total. The van der Waals surface area contributed by atoms with Crippen molar-refractivity contribution >= 4 is 15.9 Å². The summed E-state index contributed by atoms with van der Waals surface area (Å²) in [7, 11) is -2.93. The second-order valence-corrected chi connectivity index (χ2v) is 7.85. The Morgan fingerprint density at radius 3 is 2.90 bits per heavy atom. The number of aromatic nitrogens is 2. The van der Waals surface area contributed by atoms with Crippen molar-refractivity contribution in [2.75, 3.05) is 23.4 Å². The summed E-state index contributed by atoms with van der Waals surface area (Å²) in [6.07, 6.45) is 1.49. The summed E-state index contributed by atoms with van der Waals surface area (Å²) in [6.45, 7) is 5.65. The molecule has 20 heavy (non-hydrogen) atoms. The molecule has 1 saturated heterocycles. The molecule has 1 fully saturated rings. The highest BCUT2D eigenvalue weighted by molar-refractivity contribution is 7.91. The zero-order valence-corrected chi connectivity index (χ0v) is 12.7. The molecule has 1 aliphatic heterocycles. The number of rotatable bonds is 6. The molecule has 1 aromatic rings. The van der Waals surface area contributed by atoms with Crippen LogP contribution in [0.2, 0.25) is 0 Å². The Balaban J connectivity index is 1.83. The lowest BCUT2D eigenvalue weighted by Gasteiger charge is -2.21. The SMILES string of the molecule is CC(C)CNCc1nnc(NC2CCCS(=O)(=O)C2)o1. The van der Waals surface area contributed by atoms with Crippen LogP contribution < -0.4 is 10.6 Å². The fourth-order valence-corrected chi connectivity index (χ4v) is 3.80. The van der Waals surface area contributed by atoms with Crippen molar-refractivity contribution in [2.24, 2.45) is 5.92 Å². The highest BCUT2D eigenvalue weighted by Gasteiger charge is 2.25. The molecule has 114 valence electrons. The molecule has 0 aromatic carbocycles. The quantitative estimate of drug-likeness (QED) is 0.802. The second-order valence-electron chi connectivity index (χ2n) is 5.62. The lowest BCUT2D eigenvalue weighted by molar-refractivity contribution is 0.454. The molecule has 2 rings (SSSR count). The van der Waals surface area contributed by atoms with E-state index in [-0.39, 0.29) is 17.5 Å². The maximum absolute atomic E-state index is 11.5. The van der Waals surface area contributed by atoms with E-state index < -0.39 is 9.84 Å². The van der Waals surface area contributed by atoms with Gasteiger partial charge in [0.25, 0.3) is 0 Å². The molecule has 1 unspecified atom stereocenters. The number of hydrogen-bond acceptors (Lipinski definition) is 7. The van der Waals surface area contributed by atoms with E-state index in [2.05, 4.69) is 34.7 Å². The van der Waals surface area contributed by atoms with Gasteiger partial charge in [-0.05, 0) is 25.3 Å². The maximum atomic E-state index is 11.5. The van der Waals surface area contributed by atoms with Gasteiger partial charge in [0.15, 0.2) is 9.84 Å². The summed E-state index contributed by atoms with van der Waals surface area (Å²) in [5.41, 5.74) is 0. The number of nitrogens with zero attached hydrogens (tertiary/aromatic N) is 2. The largest absolute Gasteiger partial charge is 0.407 e. The van der Waals surface area contributed by atoms with E-state index >= 15 is 0 Å². The molecule has 0 spiro atoms. The Labute approximate surface area is 119 Å². The van der Waals surface area contributed by atoms with E-state index in [9.17, 15) is 8.42 Å². The number of hydrogen-bond donors (Lipinski definition) is 2. The van der Waals surface area contributed by atoms with Crippen LogP contribution in [0.15, 0.2) is 4.42 Å². The van der Waals surface area contributed by atoms with E-state index in [1.807, 2.05) is 0 Å². The predicted octanol–water partition coefficient (Wildman–Crippen LogP) is 0.804. The summed E-state index contributed by atoms with van der Waals surface area (Å²) < 4.78 is 28.5. The van der Waals surface area contributed by atoms with Gasteiger partial charge < -0.3 is 15.1 Å². The molecule has 0 bridgehead atoms. The van der Waals surface area contributed by atoms with E-state index in [1.54, 1.807) is 0 Å². The maximum Gasteiger partial charge on any atom is 0.315 e. The Kier molecular flexibility index (Phi) is 4.98. The van der Waals surface area contributed by atoms with E-state index in [4.69, 9.17) is 4.42 Å². The van der Waals surface area contributed by atoms with Crippen LogP contribution in [0.4, 0.5) is 6.01 Å². The standard InChI is InChI=1S/C12H22N4O3S/c1-9(2)6-13-7-11-15-16-12(19-11)14-10-4-3-5-20(17,18)8-10/h9-10,13H,3-8H2,1-2H3,(H,14,16). The zero-order valence-electron chi connectivity index (χ0n) is 11.9. The van der Waals surface area contributed by atoms with Crippen LogP contribution in [0.25, 0.3) is 0 Å². The van der Waals surface area contributed by atoms with Gasteiger partial charge in [0.1, 0.15) is 0 Å². The summed E-state index contributed by atoms with van der Waals surface area (Å²) >= 11 is 0. The molecule has 1 aliphatic rings. The summed E-state index contributed by atoms with van der Waals surface area (Å²) in [5, 5.41) is 14.0. The Bertz CT molecular complexity index is 527. The van der Waals surface area contributed by atoms with Gasteiger partial charge in [-0.1, -0.05) is 18.9 Å². The molecule has 2 heterocycles. The first-order valence-corrected chi connectivity index (χ1v) is 8.77. The van der Waals surface area contributed by atoms with Crippen LogP contribution in [0.5, 0.6) is 0 Å². The molecule has 1 aromatic heterocycles. The van der Waals surface area contributed by atoms with Gasteiger partial charge in [0.05, 0.1) is 18.1 Å². The van der Waals surface area contributed by atoms with Gasteiger partial charge in [-0.25, -0.2) is 8.42 Å². The van der Waals surface area contributed by atoms with Crippen molar-refractivity contribution in [3.8, 4) is 0 Å². The fraction of sp³-hybridized carbons (Fsp3) is 0.833. The molecule has 7 nitrogen and oxygen atoms in total. The first-order valence-electron chi connectivity index (χ1n) is 6.94. The van der Waals surface area contributed by atoms with Crippen molar-refractivity contribution in [3.63, 3.8) is 0 Å². The van der Waals surface area contributed by atoms with Gasteiger partial charge in [0, 0.05) is 6.04 Å². The number of anilines is 1. The predicted molar refractivity (Wildman–Crippen MR) is 76.1 cm³/mol. The summed E-state index contributed by atoms with van der Waals surface area (Å²) in [6, 6.07) is 0.166. The molecule has 0 saturated carbocycles. The molecule has 0 radical (unpaired) electrons. The van der Waals surface area contributed by atoms with Crippen molar-refractivity contribution in [3.05, 3.63) is 5.89 Å². The lowest BCUT2D eigenvalue weighted by atomic mass is 10.2. The second kappa shape index (κ2) is 6.53. The average Bonchev–Trinajstić information content (AvgIpc) is 2.75. The number of sulfone groups is 1. The first-order chi connectivity index (χ1) is 9.44. The highest BCUT2D eigenvalue weighted by atomic mass is 32.2. The highest BCUT2D eigenvalue weighted by Crippen LogP contribution is 2.16. The summed E-state index contributed by atoms with van der Waals surface area (Å²) in [5.74, 6) is 1.48. The minimum Gasteiger partial charge on any atom is -0.407 e. The third kappa shape index (κ3) is 4.75. The molecule has 8 heteroatoms. The van der Waals surface area contributed by atoms with Crippen LogP contribution in [0, 0.1) is 5.92 Å². The molecular weight excluding hydrogens is 280 g/mol. The minimum atomic E-state index is -2.93. The van der Waals surface area contributed by atoms with Crippen LogP contribution in [0.1, 0.15) is 32.6 Å². The topological polar surface area (TPSA) is 97.1 Å². The first kappa shape index (κ1) is 15.2. The Morgan fingerprint density at radius 2 is 2.20 bits per heavy atom. The third-order valence-corrected chi connectivity index (χ3v) is 4.91. The lowest BCUT2D eigenvalue weighted by Crippen LogP contribution is -2.34. The van der Waals surface area contributed by atoms with Gasteiger partial charge in [-0.15, -0.1) is 5.10 Å². The van der Waals surface area contributed by atoms with Gasteiger partial charge in [0.2, 0.25) is 5.89 Å². The normalized spacial score (nSPS) is 22.1. The molecule has 1 atom stereocenters. The number of nitrogens with one attached hydrogen (secondary N) is 2. The van der Waals surface area contributed by atoms with Crippen molar-refractivity contribution in [1.29, 1.82) is 0 Å². The van der Waals surface area contributed by atoms with E-state index in [0.29, 0.717) is 30.8 Å². The van der Waals surface area contributed by atoms with Crippen LogP contribution in [0.3, 0.4) is 0 Å². The zero-order chi connectivity index (χ0) is 14.6. The molecule has 0 aliphatic carbocycles. The van der Waals surface area contributed by atoms with Crippen molar-refractivity contribution in [1.82, 2.24) is 15.5 Å². The smallest absolute Gasteiger partial charge is 0.315 e.